The standard InChI is InChI=1S/C28H29F2N7O4.C2HF3O2/c1-17-14-18(4-5-19(17)28(40)37-11-9-36(10-12-37)23(38)16-32-2)34-27(39)26-33-15-21(35(26)3)20-6-7-22(41-13-8-31)25(30)24(20)29;3-2(4,5)1(6)7/h4-7,14-15,32H,9-13,16H2,1-3H3,(H,34,39);(H,6,7). The van der Waals surface area contributed by atoms with Crippen molar-refractivity contribution >= 4 is 29.4 Å². The van der Waals surface area contributed by atoms with Crippen LogP contribution in [0.5, 0.6) is 5.75 Å². The molecular weight excluding hydrogens is 649 g/mol. The van der Waals surface area contributed by atoms with Gasteiger partial charge in [0.15, 0.2) is 24.0 Å². The molecule has 3 N–H and O–H groups in total. The molecule has 4 rings (SSSR count). The molecule has 0 atom stereocenters. The highest BCUT2D eigenvalue weighted by Crippen LogP contribution is 2.30. The molecule has 0 radical (unpaired) electrons. The van der Waals surface area contributed by atoms with Crippen molar-refractivity contribution in [2.45, 2.75) is 13.1 Å². The number of rotatable bonds is 8. The summed E-state index contributed by atoms with van der Waals surface area (Å²) in [6, 6.07) is 9.06. The van der Waals surface area contributed by atoms with E-state index in [1.807, 2.05) is 0 Å². The lowest BCUT2D eigenvalue weighted by Crippen LogP contribution is -2.52. The molecule has 0 saturated carbocycles. The molecule has 1 saturated heterocycles. The predicted octanol–water partition coefficient (Wildman–Crippen LogP) is 2.97. The minimum atomic E-state index is -5.08. The van der Waals surface area contributed by atoms with Crippen LogP contribution in [0.4, 0.5) is 27.6 Å². The quantitative estimate of drug-likeness (QED) is 0.303. The molecule has 0 unspecified atom stereocenters. The number of halogens is 5. The van der Waals surface area contributed by atoms with Gasteiger partial charge < -0.3 is 34.8 Å². The second-order valence-electron chi connectivity index (χ2n) is 10.2. The Labute approximate surface area is 270 Å². The highest BCUT2D eigenvalue weighted by atomic mass is 19.4. The van der Waals surface area contributed by atoms with Crippen molar-refractivity contribution in [1.82, 2.24) is 24.7 Å². The summed E-state index contributed by atoms with van der Waals surface area (Å²) in [7, 11) is 3.20. The van der Waals surface area contributed by atoms with Crippen molar-refractivity contribution in [3.05, 3.63) is 65.1 Å². The number of aliphatic carboxylic acids is 1. The Morgan fingerprint density at radius 3 is 2.23 bits per heavy atom. The minimum absolute atomic E-state index is 0.00692. The highest BCUT2D eigenvalue weighted by molar-refractivity contribution is 6.03. The average molecular weight is 680 g/mol. The molecule has 3 aromatic rings. The second-order valence-corrected chi connectivity index (χ2v) is 10.2. The molecule has 3 amide bonds. The van der Waals surface area contributed by atoms with Gasteiger partial charge in [-0.15, -0.1) is 0 Å². The van der Waals surface area contributed by atoms with Gasteiger partial charge in [-0.25, -0.2) is 14.2 Å². The first-order valence-corrected chi connectivity index (χ1v) is 14.0. The number of alkyl halides is 3. The Bertz CT molecular complexity index is 1730. The smallest absolute Gasteiger partial charge is 0.476 e. The number of aryl methyl sites for hydroxylation is 1. The van der Waals surface area contributed by atoms with Crippen molar-refractivity contribution in [2.75, 3.05) is 51.7 Å². The number of carboxylic acid groups (broad SMARTS) is 1. The topological polar surface area (TPSA) is 170 Å². The van der Waals surface area contributed by atoms with Crippen molar-refractivity contribution in [1.29, 1.82) is 5.26 Å². The molecular formula is C30H30F5N7O6. The van der Waals surface area contributed by atoms with E-state index >= 15 is 0 Å². The van der Waals surface area contributed by atoms with E-state index in [1.54, 1.807) is 48.0 Å². The number of anilines is 1. The molecule has 18 heteroatoms. The van der Waals surface area contributed by atoms with Crippen LogP contribution >= 0.6 is 0 Å². The van der Waals surface area contributed by atoms with Crippen LogP contribution in [0.2, 0.25) is 0 Å². The minimum Gasteiger partial charge on any atom is -0.476 e. The zero-order chi connectivity index (χ0) is 35.8. The zero-order valence-corrected chi connectivity index (χ0v) is 25.8. The summed E-state index contributed by atoms with van der Waals surface area (Å²) in [6.45, 7) is 3.34. The summed E-state index contributed by atoms with van der Waals surface area (Å²) in [4.78, 5) is 54.6. The number of nitriles is 1. The Morgan fingerprint density at radius 2 is 1.67 bits per heavy atom. The largest absolute Gasteiger partial charge is 0.490 e. The number of carbonyl (C=O) groups is 4. The Morgan fingerprint density at radius 1 is 1.04 bits per heavy atom. The third kappa shape index (κ3) is 8.82. The van der Waals surface area contributed by atoms with Crippen LogP contribution in [-0.4, -0.2) is 101 Å². The third-order valence-corrected chi connectivity index (χ3v) is 7.01. The van der Waals surface area contributed by atoms with Gasteiger partial charge in [0.25, 0.3) is 11.8 Å². The molecule has 0 aliphatic carbocycles. The SMILES string of the molecule is CNCC(=O)N1CCN(C(=O)c2ccc(NC(=O)c3ncc(-c4ccc(OCC#N)c(F)c4F)n3C)cc2C)CC1.O=C(O)C(F)(F)F. The first-order chi connectivity index (χ1) is 22.6. The molecule has 48 heavy (non-hydrogen) atoms. The van der Waals surface area contributed by atoms with Gasteiger partial charge in [0.2, 0.25) is 11.7 Å². The highest BCUT2D eigenvalue weighted by Gasteiger charge is 2.38. The number of carbonyl (C=O) groups excluding carboxylic acids is 3. The van der Waals surface area contributed by atoms with E-state index in [4.69, 9.17) is 19.9 Å². The van der Waals surface area contributed by atoms with Crippen molar-refractivity contribution in [3.8, 4) is 23.1 Å². The summed E-state index contributed by atoms with van der Waals surface area (Å²) in [6.07, 6.45) is -3.83. The number of aromatic nitrogens is 2. The van der Waals surface area contributed by atoms with Crippen LogP contribution in [0, 0.1) is 29.9 Å². The third-order valence-electron chi connectivity index (χ3n) is 7.01. The second kappa shape index (κ2) is 15.8. The van der Waals surface area contributed by atoms with Gasteiger partial charge in [-0.2, -0.15) is 22.8 Å². The van der Waals surface area contributed by atoms with Gasteiger partial charge in [-0.1, -0.05) is 0 Å². The van der Waals surface area contributed by atoms with Gasteiger partial charge in [0.05, 0.1) is 18.4 Å². The summed E-state index contributed by atoms with van der Waals surface area (Å²) in [5.74, 6) is -6.40. The van der Waals surface area contributed by atoms with E-state index in [0.717, 1.165) is 0 Å². The molecule has 2 aromatic carbocycles. The molecule has 1 fully saturated rings. The van der Waals surface area contributed by atoms with Gasteiger partial charge >= 0.3 is 12.1 Å². The number of hydrogen-bond donors (Lipinski definition) is 3. The fourth-order valence-electron chi connectivity index (χ4n) is 4.58. The van der Waals surface area contributed by atoms with E-state index in [-0.39, 0.29) is 35.4 Å². The Hall–Kier alpha value is -5.57. The zero-order valence-electron chi connectivity index (χ0n) is 25.8. The first kappa shape index (κ1) is 36.9. The number of ether oxygens (including phenoxy) is 1. The van der Waals surface area contributed by atoms with Crippen LogP contribution in [0.25, 0.3) is 11.3 Å². The molecule has 13 nitrogen and oxygen atoms in total. The fraction of sp³-hybridized carbons (Fsp3) is 0.333. The average Bonchev–Trinajstić information content (AvgIpc) is 3.42. The van der Waals surface area contributed by atoms with Gasteiger partial charge in [-0.05, 0) is 49.9 Å². The van der Waals surface area contributed by atoms with Gasteiger partial charge in [0.1, 0.15) is 6.07 Å². The molecule has 0 bridgehead atoms. The van der Waals surface area contributed by atoms with Gasteiger partial charge in [0, 0.05) is 50.0 Å². The van der Waals surface area contributed by atoms with Crippen LogP contribution in [0.3, 0.4) is 0 Å². The summed E-state index contributed by atoms with van der Waals surface area (Å²) in [5, 5.41) is 21.3. The van der Waals surface area contributed by atoms with Gasteiger partial charge in [-0.3, -0.25) is 14.4 Å². The lowest BCUT2D eigenvalue weighted by molar-refractivity contribution is -0.192. The van der Waals surface area contributed by atoms with Crippen LogP contribution in [0.1, 0.15) is 26.5 Å². The normalized spacial score (nSPS) is 12.8. The fourth-order valence-corrected chi connectivity index (χ4v) is 4.58. The van der Waals surface area contributed by atoms with Crippen molar-refractivity contribution in [2.24, 2.45) is 7.05 Å². The van der Waals surface area contributed by atoms with Crippen molar-refractivity contribution in [3.63, 3.8) is 0 Å². The molecule has 256 valence electrons. The summed E-state index contributed by atoms with van der Waals surface area (Å²) < 4.78 is 67.1. The Balaban J connectivity index is 0.000000804. The molecule has 2 heterocycles. The maximum absolute atomic E-state index is 14.7. The number of amides is 3. The lowest BCUT2D eigenvalue weighted by Gasteiger charge is -2.35. The van der Waals surface area contributed by atoms with Crippen molar-refractivity contribution < 1.29 is 51.0 Å². The molecule has 1 aliphatic rings. The number of piperazine rings is 1. The maximum Gasteiger partial charge on any atom is 0.490 e. The summed E-state index contributed by atoms with van der Waals surface area (Å²) in [5.41, 5.74) is 1.58. The molecule has 0 spiro atoms. The van der Waals surface area contributed by atoms with E-state index < -0.39 is 42.0 Å². The monoisotopic (exact) mass is 679 g/mol. The number of carboxylic acids is 1. The maximum atomic E-state index is 14.7. The summed E-state index contributed by atoms with van der Waals surface area (Å²) >= 11 is 0. The van der Waals surface area contributed by atoms with E-state index in [2.05, 4.69) is 15.6 Å². The predicted molar refractivity (Wildman–Crippen MR) is 159 cm³/mol. The first-order valence-electron chi connectivity index (χ1n) is 14.0. The number of nitrogens with one attached hydrogen (secondary N) is 2. The van der Waals surface area contributed by atoms with E-state index in [9.17, 15) is 36.3 Å². The number of hydrogen-bond acceptors (Lipinski definition) is 8. The van der Waals surface area contributed by atoms with E-state index in [0.29, 0.717) is 43.0 Å². The molecule has 1 aromatic heterocycles. The van der Waals surface area contributed by atoms with Crippen LogP contribution in [0.15, 0.2) is 36.5 Å². The van der Waals surface area contributed by atoms with E-state index in [1.165, 1.54) is 29.9 Å². The van der Waals surface area contributed by atoms with Crippen LogP contribution < -0.4 is 15.4 Å². The number of benzene rings is 2. The lowest BCUT2D eigenvalue weighted by atomic mass is 10.1. The molecule has 1 aliphatic heterocycles. The Kier molecular flexibility index (Phi) is 12.2. The van der Waals surface area contributed by atoms with Crippen LogP contribution in [-0.2, 0) is 16.6 Å². The number of likely N-dealkylation sites (N-methyl/N-ethyl adjacent to an activating group) is 1. The number of nitrogens with zero attached hydrogens (tertiary/aromatic N) is 5. The number of imidazole rings is 1.